The number of hydrogen-bond acceptors (Lipinski definition) is 6. The summed E-state index contributed by atoms with van der Waals surface area (Å²) >= 11 is 0. The number of esters is 1. The molecule has 2 aromatic carbocycles. The standard InChI is InChI=1S/C18H17FN2O6/c1-11-5-12(2)7-14(6-11)26-10-18(23)27-9-17(22)20-13-3-4-15(19)16(8-13)21(24)25/h3-8H,9-10H2,1-2H3,(H,20,22). The molecule has 0 unspecified atom stereocenters. The van der Waals surface area contributed by atoms with E-state index in [4.69, 9.17) is 9.47 Å². The monoisotopic (exact) mass is 376 g/mol. The lowest BCUT2D eigenvalue weighted by Gasteiger charge is -2.09. The second kappa shape index (κ2) is 8.75. The number of nitro benzene ring substituents is 1. The second-order valence-electron chi connectivity index (χ2n) is 5.74. The highest BCUT2D eigenvalue weighted by Crippen LogP contribution is 2.21. The Bertz CT molecular complexity index is 864. The first kappa shape index (κ1) is 19.8. The van der Waals surface area contributed by atoms with Crippen LogP contribution in [0.2, 0.25) is 0 Å². The molecule has 0 bridgehead atoms. The summed E-state index contributed by atoms with van der Waals surface area (Å²) < 4.78 is 23.3. The quantitative estimate of drug-likeness (QED) is 0.452. The number of aryl methyl sites for hydroxylation is 2. The fraction of sp³-hybridized carbons (Fsp3) is 0.222. The Morgan fingerprint density at radius 2 is 1.78 bits per heavy atom. The summed E-state index contributed by atoms with van der Waals surface area (Å²) in [5.74, 6) is -1.99. The highest BCUT2D eigenvalue weighted by atomic mass is 19.1. The molecule has 8 nitrogen and oxygen atoms in total. The van der Waals surface area contributed by atoms with Crippen molar-refractivity contribution < 1.29 is 28.4 Å². The van der Waals surface area contributed by atoms with Crippen LogP contribution in [0, 0.1) is 29.8 Å². The molecule has 0 spiro atoms. The summed E-state index contributed by atoms with van der Waals surface area (Å²) in [7, 11) is 0. The molecule has 1 N–H and O–H groups in total. The van der Waals surface area contributed by atoms with Crippen molar-refractivity contribution in [3.8, 4) is 5.75 Å². The normalized spacial score (nSPS) is 10.2. The van der Waals surface area contributed by atoms with E-state index in [0.717, 1.165) is 29.3 Å². The molecule has 0 saturated carbocycles. The molecule has 2 aromatic rings. The zero-order valence-electron chi connectivity index (χ0n) is 14.7. The molecule has 0 aliphatic heterocycles. The van der Waals surface area contributed by atoms with Crippen LogP contribution in [0.1, 0.15) is 11.1 Å². The number of nitrogens with zero attached hydrogens (tertiary/aromatic N) is 1. The van der Waals surface area contributed by atoms with Gasteiger partial charge in [-0.2, -0.15) is 4.39 Å². The Kier molecular flexibility index (Phi) is 6.42. The van der Waals surface area contributed by atoms with E-state index in [-0.39, 0.29) is 12.3 Å². The van der Waals surface area contributed by atoms with Gasteiger partial charge in [-0.25, -0.2) is 4.79 Å². The SMILES string of the molecule is Cc1cc(C)cc(OCC(=O)OCC(=O)Nc2ccc(F)c([N+](=O)[O-])c2)c1. The third-order valence-electron chi connectivity index (χ3n) is 3.34. The van der Waals surface area contributed by atoms with Crippen LogP contribution in [0.5, 0.6) is 5.75 Å². The topological polar surface area (TPSA) is 108 Å². The van der Waals surface area contributed by atoms with Gasteiger partial charge in [-0.1, -0.05) is 6.07 Å². The van der Waals surface area contributed by atoms with Crippen molar-refractivity contribution in [1.82, 2.24) is 0 Å². The van der Waals surface area contributed by atoms with Gasteiger partial charge in [0.25, 0.3) is 5.91 Å². The largest absolute Gasteiger partial charge is 0.482 e. The summed E-state index contributed by atoms with van der Waals surface area (Å²) in [5, 5.41) is 13.0. The Labute approximate surface area is 154 Å². The molecule has 2 rings (SSSR count). The fourth-order valence-electron chi connectivity index (χ4n) is 2.27. The smallest absolute Gasteiger partial charge is 0.344 e. The zero-order chi connectivity index (χ0) is 20.0. The molecule has 0 radical (unpaired) electrons. The molecule has 0 saturated heterocycles. The van der Waals surface area contributed by atoms with E-state index in [1.165, 1.54) is 0 Å². The van der Waals surface area contributed by atoms with Crippen LogP contribution in [0.15, 0.2) is 36.4 Å². The first-order chi connectivity index (χ1) is 12.7. The summed E-state index contributed by atoms with van der Waals surface area (Å²) in [6.07, 6.45) is 0. The lowest BCUT2D eigenvalue weighted by molar-refractivity contribution is -0.387. The third-order valence-corrected chi connectivity index (χ3v) is 3.34. The van der Waals surface area contributed by atoms with Gasteiger partial charge in [-0.05, 0) is 49.2 Å². The molecule has 0 fully saturated rings. The molecule has 0 aromatic heterocycles. The van der Waals surface area contributed by atoms with Gasteiger partial charge in [0.2, 0.25) is 5.82 Å². The fourth-order valence-corrected chi connectivity index (χ4v) is 2.27. The zero-order valence-corrected chi connectivity index (χ0v) is 14.7. The molecule has 0 heterocycles. The van der Waals surface area contributed by atoms with Gasteiger partial charge in [0.1, 0.15) is 5.75 Å². The molecule has 0 aliphatic rings. The van der Waals surface area contributed by atoms with Gasteiger partial charge in [0, 0.05) is 11.8 Å². The number of nitro groups is 1. The van der Waals surface area contributed by atoms with Crippen LogP contribution in [-0.4, -0.2) is 30.0 Å². The Morgan fingerprint density at radius 3 is 2.41 bits per heavy atom. The van der Waals surface area contributed by atoms with Crippen LogP contribution in [-0.2, 0) is 14.3 Å². The predicted octanol–water partition coefficient (Wildman–Crippen LogP) is 2.91. The third kappa shape index (κ3) is 6.07. The van der Waals surface area contributed by atoms with E-state index in [2.05, 4.69) is 5.32 Å². The first-order valence-corrected chi connectivity index (χ1v) is 7.85. The van der Waals surface area contributed by atoms with Crippen molar-refractivity contribution in [2.45, 2.75) is 13.8 Å². The number of carbonyl (C=O) groups excluding carboxylic acids is 2. The van der Waals surface area contributed by atoms with Gasteiger partial charge in [0.15, 0.2) is 13.2 Å². The summed E-state index contributed by atoms with van der Waals surface area (Å²) in [6, 6.07) is 8.36. The highest BCUT2D eigenvalue weighted by Gasteiger charge is 2.16. The molecular weight excluding hydrogens is 359 g/mol. The maximum atomic E-state index is 13.2. The number of nitrogens with one attached hydrogen (secondary N) is 1. The lowest BCUT2D eigenvalue weighted by atomic mass is 10.1. The number of benzene rings is 2. The number of carbonyl (C=O) groups is 2. The maximum absolute atomic E-state index is 13.2. The lowest BCUT2D eigenvalue weighted by Crippen LogP contribution is -2.23. The van der Waals surface area contributed by atoms with Crippen molar-refractivity contribution >= 4 is 23.3 Å². The average Bonchev–Trinajstić information content (AvgIpc) is 2.59. The van der Waals surface area contributed by atoms with Crippen molar-refractivity contribution in [2.75, 3.05) is 18.5 Å². The van der Waals surface area contributed by atoms with Gasteiger partial charge in [0.05, 0.1) is 4.92 Å². The van der Waals surface area contributed by atoms with Crippen molar-refractivity contribution in [1.29, 1.82) is 0 Å². The molecule has 27 heavy (non-hydrogen) atoms. The van der Waals surface area contributed by atoms with E-state index in [9.17, 15) is 24.1 Å². The Hall–Kier alpha value is -3.49. The number of hydrogen-bond donors (Lipinski definition) is 1. The summed E-state index contributed by atoms with van der Waals surface area (Å²) in [5.41, 5.74) is 1.19. The van der Waals surface area contributed by atoms with E-state index >= 15 is 0 Å². The number of anilines is 1. The van der Waals surface area contributed by atoms with Crippen LogP contribution in [0.4, 0.5) is 15.8 Å². The molecular formula is C18H17FN2O6. The van der Waals surface area contributed by atoms with Crippen LogP contribution in [0.25, 0.3) is 0 Å². The molecule has 0 atom stereocenters. The highest BCUT2D eigenvalue weighted by molar-refractivity contribution is 5.93. The van der Waals surface area contributed by atoms with E-state index < -0.39 is 34.9 Å². The van der Waals surface area contributed by atoms with Gasteiger partial charge in [-0.3, -0.25) is 14.9 Å². The second-order valence-corrected chi connectivity index (χ2v) is 5.74. The van der Waals surface area contributed by atoms with Crippen LogP contribution in [0.3, 0.4) is 0 Å². The van der Waals surface area contributed by atoms with E-state index in [0.29, 0.717) is 5.75 Å². The average molecular weight is 376 g/mol. The summed E-state index contributed by atoms with van der Waals surface area (Å²) in [4.78, 5) is 33.2. The van der Waals surface area contributed by atoms with Crippen LogP contribution >= 0.6 is 0 Å². The minimum Gasteiger partial charge on any atom is -0.482 e. The van der Waals surface area contributed by atoms with E-state index in [1.54, 1.807) is 12.1 Å². The predicted molar refractivity (Wildman–Crippen MR) is 94.1 cm³/mol. The number of amides is 1. The minimum atomic E-state index is -1.02. The molecule has 142 valence electrons. The van der Waals surface area contributed by atoms with Gasteiger partial charge < -0.3 is 14.8 Å². The molecule has 1 amide bonds. The molecule has 0 aliphatic carbocycles. The number of rotatable bonds is 7. The minimum absolute atomic E-state index is 0.00985. The summed E-state index contributed by atoms with van der Waals surface area (Å²) in [6.45, 7) is 2.79. The van der Waals surface area contributed by atoms with Crippen molar-refractivity contribution in [3.63, 3.8) is 0 Å². The number of ether oxygens (including phenoxy) is 2. The maximum Gasteiger partial charge on any atom is 0.344 e. The Balaban J connectivity index is 1.82. The van der Waals surface area contributed by atoms with Gasteiger partial charge >= 0.3 is 11.7 Å². The van der Waals surface area contributed by atoms with Crippen molar-refractivity contribution in [2.24, 2.45) is 0 Å². The van der Waals surface area contributed by atoms with Gasteiger partial charge in [-0.15, -0.1) is 0 Å². The number of halogens is 1. The first-order valence-electron chi connectivity index (χ1n) is 7.85. The van der Waals surface area contributed by atoms with Crippen LogP contribution < -0.4 is 10.1 Å². The molecule has 9 heteroatoms. The Morgan fingerprint density at radius 1 is 1.11 bits per heavy atom. The van der Waals surface area contributed by atoms with E-state index in [1.807, 2.05) is 19.9 Å². The van der Waals surface area contributed by atoms with Crippen molar-refractivity contribution in [3.05, 3.63) is 63.5 Å².